The van der Waals surface area contributed by atoms with Crippen molar-refractivity contribution in [1.82, 2.24) is 4.57 Å². The number of carbonyl (C=O) groups is 1. The van der Waals surface area contributed by atoms with Crippen molar-refractivity contribution in [3.05, 3.63) is 75.0 Å². The van der Waals surface area contributed by atoms with Gasteiger partial charge in [-0.25, -0.2) is 4.57 Å². The van der Waals surface area contributed by atoms with E-state index in [1.54, 1.807) is 55.5 Å². The van der Waals surface area contributed by atoms with Gasteiger partial charge in [-0.1, -0.05) is 29.8 Å². The first-order valence-corrected chi connectivity index (χ1v) is 7.08. The number of benzene rings is 2. The van der Waals surface area contributed by atoms with Gasteiger partial charge in [0.15, 0.2) is 0 Å². The van der Waals surface area contributed by atoms with Crippen molar-refractivity contribution in [1.29, 1.82) is 0 Å². The largest absolute Gasteiger partial charge is 0.399 e. The number of hydrogen-bond acceptors (Lipinski definition) is 3. The monoisotopic (exact) mass is 312 g/mol. The Morgan fingerprint density at radius 1 is 1.14 bits per heavy atom. The predicted molar refractivity (Wildman–Crippen MR) is 88.5 cm³/mol. The number of fused-ring (bicyclic) bond motifs is 1. The molecule has 5 heteroatoms. The topological polar surface area (TPSA) is 65.1 Å². The van der Waals surface area contributed by atoms with Crippen LogP contribution in [-0.2, 0) is 0 Å². The Balaban J connectivity index is 2.37. The second-order valence-electron chi connectivity index (χ2n) is 5.07. The van der Waals surface area contributed by atoms with Gasteiger partial charge >= 0.3 is 0 Å². The van der Waals surface area contributed by atoms with Crippen LogP contribution in [0, 0.1) is 6.92 Å². The summed E-state index contributed by atoms with van der Waals surface area (Å²) >= 11 is 6.08. The molecule has 1 heterocycles. The molecule has 110 valence electrons. The van der Waals surface area contributed by atoms with Gasteiger partial charge < -0.3 is 5.73 Å². The average molecular weight is 313 g/mol. The van der Waals surface area contributed by atoms with Gasteiger partial charge in [0.25, 0.3) is 11.5 Å². The number of aromatic nitrogens is 1. The third-order valence-corrected chi connectivity index (χ3v) is 3.84. The first kappa shape index (κ1) is 14.4. The number of nitrogens with zero attached hydrogens (tertiary/aromatic N) is 1. The zero-order valence-electron chi connectivity index (χ0n) is 11.8. The molecule has 0 aliphatic rings. The van der Waals surface area contributed by atoms with Crippen LogP contribution in [0.15, 0.2) is 53.3 Å². The number of carbonyl (C=O) groups excluding carboxylic acids is 1. The highest BCUT2D eigenvalue weighted by atomic mass is 35.5. The molecule has 22 heavy (non-hydrogen) atoms. The number of hydrogen-bond donors (Lipinski definition) is 1. The van der Waals surface area contributed by atoms with Crippen LogP contribution in [-0.4, -0.2) is 10.5 Å². The fourth-order valence-electron chi connectivity index (χ4n) is 2.41. The Morgan fingerprint density at radius 3 is 2.59 bits per heavy atom. The predicted octanol–water partition coefficient (Wildman–Crippen LogP) is 3.23. The Labute approximate surface area is 131 Å². The lowest BCUT2D eigenvalue weighted by Crippen LogP contribution is -2.29. The first-order valence-electron chi connectivity index (χ1n) is 6.70. The van der Waals surface area contributed by atoms with Crippen molar-refractivity contribution in [3.63, 3.8) is 0 Å². The van der Waals surface area contributed by atoms with Gasteiger partial charge in [-0.3, -0.25) is 9.59 Å². The summed E-state index contributed by atoms with van der Waals surface area (Å²) < 4.78 is 1.13. The molecule has 3 rings (SSSR count). The van der Waals surface area contributed by atoms with E-state index in [1.807, 2.05) is 0 Å². The SMILES string of the molecule is Cc1cc2ccc(N)cc2n(C(=O)c2ccccc2Cl)c1=O. The lowest BCUT2D eigenvalue weighted by Gasteiger charge is -2.12. The molecule has 0 atom stereocenters. The number of pyridine rings is 1. The number of aryl methyl sites for hydroxylation is 1. The molecule has 0 saturated heterocycles. The van der Waals surface area contributed by atoms with Crippen LogP contribution < -0.4 is 11.3 Å². The average Bonchev–Trinajstić information content (AvgIpc) is 2.49. The molecule has 2 aromatic carbocycles. The normalized spacial score (nSPS) is 10.8. The van der Waals surface area contributed by atoms with Crippen molar-refractivity contribution < 1.29 is 4.79 Å². The van der Waals surface area contributed by atoms with E-state index < -0.39 is 5.91 Å². The van der Waals surface area contributed by atoms with Crippen molar-refractivity contribution >= 4 is 34.1 Å². The zero-order valence-corrected chi connectivity index (χ0v) is 12.6. The summed E-state index contributed by atoms with van der Waals surface area (Å²) in [6, 6.07) is 13.5. The van der Waals surface area contributed by atoms with Crippen molar-refractivity contribution in [2.75, 3.05) is 5.73 Å². The van der Waals surface area contributed by atoms with Crippen LogP contribution in [0.1, 0.15) is 15.9 Å². The standard InChI is InChI=1S/C17H13ClN2O2/c1-10-8-11-6-7-12(19)9-15(11)20(16(10)21)17(22)13-4-2-3-5-14(13)18/h2-9H,19H2,1H3. The number of rotatable bonds is 1. The van der Waals surface area contributed by atoms with E-state index >= 15 is 0 Å². The summed E-state index contributed by atoms with van der Waals surface area (Å²) in [5, 5.41) is 1.07. The molecular formula is C17H13ClN2O2. The summed E-state index contributed by atoms with van der Waals surface area (Å²) in [6.45, 7) is 1.68. The second kappa shape index (κ2) is 5.31. The summed E-state index contributed by atoms with van der Waals surface area (Å²) in [6.07, 6.45) is 0. The Hall–Kier alpha value is -2.59. The summed E-state index contributed by atoms with van der Waals surface area (Å²) in [5.41, 5.74) is 7.14. The van der Waals surface area contributed by atoms with E-state index in [9.17, 15) is 9.59 Å². The third kappa shape index (κ3) is 2.27. The molecular weight excluding hydrogens is 300 g/mol. The molecule has 2 N–H and O–H groups in total. The first-order chi connectivity index (χ1) is 10.5. The van der Waals surface area contributed by atoms with Crippen LogP contribution in [0.2, 0.25) is 5.02 Å². The van der Waals surface area contributed by atoms with Gasteiger partial charge in [-0.15, -0.1) is 0 Å². The maximum absolute atomic E-state index is 12.8. The molecule has 0 fully saturated rings. The summed E-state index contributed by atoms with van der Waals surface area (Å²) in [4.78, 5) is 25.3. The van der Waals surface area contributed by atoms with E-state index in [4.69, 9.17) is 17.3 Å². The third-order valence-electron chi connectivity index (χ3n) is 3.52. The second-order valence-corrected chi connectivity index (χ2v) is 5.48. The molecule has 0 saturated carbocycles. The van der Waals surface area contributed by atoms with Gasteiger partial charge in [0.05, 0.1) is 16.1 Å². The molecule has 0 unspecified atom stereocenters. The quantitative estimate of drug-likeness (QED) is 0.702. The van der Waals surface area contributed by atoms with Crippen LogP contribution in [0.3, 0.4) is 0 Å². The summed E-state index contributed by atoms with van der Waals surface area (Å²) in [5.74, 6) is -0.463. The smallest absolute Gasteiger partial charge is 0.266 e. The molecule has 0 aliphatic heterocycles. The molecule has 0 amide bonds. The van der Waals surface area contributed by atoms with E-state index in [0.29, 0.717) is 21.8 Å². The molecule has 0 bridgehead atoms. The number of nitrogens with two attached hydrogens (primary N) is 1. The fraction of sp³-hybridized carbons (Fsp3) is 0.0588. The van der Waals surface area contributed by atoms with E-state index in [0.717, 1.165) is 9.95 Å². The van der Waals surface area contributed by atoms with Gasteiger partial charge in [0.2, 0.25) is 0 Å². The van der Waals surface area contributed by atoms with E-state index in [1.165, 1.54) is 0 Å². The summed E-state index contributed by atoms with van der Waals surface area (Å²) in [7, 11) is 0. The van der Waals surface area contributed by atoms with Crippen molar-refractivity contribution in [2.45, 2.75) is 6.92 Å². The van der Waals surface area contributed by atoms with Gasteiger partial charge in [0, 0.05) is 11.3 Å². The van der Waals surface area contributed by atoms with Gasteiger partial charge in [-0.2, -0.15) is 0 Å². The number of nitrogen functional groups attached to an aromatic ring is 1. The minimum atomic E-state index is -0.463. The molecule has 1 aromatic heterocycles. The maximum atomic E-state index is 12.8. The van der Waals surface area contributed by atoms with Crippen molar-refractivity contribution in [2.24, 2.45) is 0 Å². The minimum absolute atomic E-state index is 0.278. The van der Waals surface area contributed by atoms with Crippen molar-refractivity contribution in [3.8, 4) is 0 Å². The minimum Gasteiger partial charge on any atom is -0.399 e. The van der Waals surface area contributed by atoms with Crippen LogP contribution in [0.5, 0.6) is 0 Å². The Morgan fingerprint density at radius 2 is 1.86 bits per heavy atom. The highest BCUT2D eigenvalue weighted by Crippen LogP contribution is 2.21. The van der Waals surface area contributed by atoms with Crippen LogP contribution in [0.4, 0.5) is 5.69 Å². The highest BCUT2D eigenvalue weighted by Gasteiger charge is 2.17. The lowest BCUT2D eigenvalue weighted by atomic mass is 10.1. The molecule has 0 radical (unpaired) electrons. The Kier molecular flexibility index (Phi) is 3.47. The number of halogens is 1. The van der Waals surface area contributed by atoms with Crippen LogP contribution in [0.25, 0.3) is 10.9 Å². The maximum Gasteiger partial charge on any atom is 0.266 e. The lowest BCUT2D eigenvalue weighted by molar-refractivity contribution is 0.0961. The molecule has 0 spiro atoms. The van der Waals surface area contributed by atoms with Crippen LogP contribution >= 0.6 is 11.6 Å². The Bertz CT molecular complexity index is 961. The molecule has 3 aromatic rings. The fourth-order valence-corrected chi connectivity index (χ4v) is 2.63. The molecule has 4 nitrogen and oxygen atoms in total. The zero-order chi connectivity index (χ0) is 15.9. The van der Waals surface area contributed by atoms with Gasteiger partial charge in [-0.05, 0) is 42.6 Å². The highest BCUT2D eigenvalue weighted by molar-refractivity contribution is 6.34. The molecule has 0 aliphatic carbocycles. The number of anilines is 1. The van der Waals surface area contributed by atoms with E-state index in [-0.39, 0.29) is 11.1 Å². The van der Waals surface area contributed by atoms with Gasteiger partial charge in [0.1, 0.15) is 0 Å². The van der Waals surface area contributed by atoms with E-state index in [2.05, 4.69) is 0 Å².